The standard InChI is InChI=1S/C11H18N4S.ClH/c1-15(9-3-4-12-7-9)8-10-11(16-2)14-6-5-13-10;/h5-6,9,12H,3-4,7-8H2,1-2H3;1H/t9-;/m0./s1. The van der Waals surface area contributed by atoms with Crippen LogP contribution in [0.4, 0.5) is 0 Å². The van der Waals surface area contributed by atoms with E-state index in [9.17, 15) is 0 Å². The maximum atomic E-state index is 4.42. The molecule has 0 saturated carbocycles. The summed E-state index contributed by atoms with van der Waals surface area (Å²) in [5.74, 6) is 0. The number of hydrogen-bond donors (Lipinski definition) is 1. The first-order valence-electron chi connectivity index (χ1n) is 5.56. The summed E-state index contributed by atoms with van der Waals surface area (Å²) in [4.78, 5) is 11.1. The van der Waals surface area contributed by atoms with Gasteiger partial charge in [0, 0.05) is 31.5 Å². The van der Waals surface area contributed by atoms with E-state index >= 15 is 0 Å². The van der Waals surface area contributed by atoms with Crippen LogP contribution in [0.25, 0.3) is 0 Å². The first-order chi connectivity index (χ1) is 7.81. The number of rotatable bonds is 4. The van der Waals surface area contributed by atoms with Crippen molar-refractivity contribution >= 4 is 24.2 Å². The Labute approximate surface area is 113 Å². The SMILES string of the molecule is CSc1nccnc1CN(C)[C@H]1CCNC1.Cl. The van der Waals surface area contributed by atoms with E-state index in [1.807, 2.05) is 6.26 Å². The molecule has 6 heteroatoms. The highest BCUT2D eigenvalue weighted by Gasteiger charge is 2.20. The number of nitrogens with zero attached hydrogens (tertiary/aromatic N) is 3. The summed E-state index contributed by atoms with van der Waals surface area (Å²) >= 11 is 1.66. The van der Waals surface area contributed by atoms with Gasteiger partial charge in [0.1, 0.15) is 5.03 Å². The second-order valence-electron chi connectivity index (χ2n) is 4.07. The van der Waals surface area contributed by atoms with Crippen molar-refractivity contribution in [3.63, 3.8) is 0 Å². The van der Waals surface area contributed by atoms with Crippen LogP contribution in [0, 0.1) is 0 Å². The molecule has 2 rings (SSSR count). The molecule has 0 bridgehead atoms. The molecule has 0 amide bonds. The van der Waals surface area contributed by atoms with E-state index in [1.165, 1.54) is 6.42 Å². The molecule has 1 aliphatic heterocycles. The Kier molecular flexibility index (Phi) is 6.19. The molecule has 1 aliphatic rings. The third-order valence-corrected chi connectivity index (χ3v) is 3.71. The number of hydrogen-bond acceptors (Lipinski definition) is 5. The molecule has 1 N–H and O–H groups in total. The van der Waals surface area contributed by atoms with Crippen LogP contribution in [0.3, 0.4) is 0 Å². The molecular formula is C11H19ClN4S. The summed E-state index contributed by atoms with van der Waals surface area (Å²) in [6.45, 7) is 3.10. The first kappa shape index (κ1) is 14.7. The Morgan fingerprint density at radius 1 is 1.47 bits per heavy atom. The van der Waals surface area contributed by atoms with Crippen LogP contribution in [0.15, 0.2) is 17.4 Å². The van der Waals surface area contributed by atoms with Crippen LogP contribution in [-0.4, -0.2) is 47.3 Å². The zero-order valence-corrected chi connectivity index (χ0v) is 11.9. The Bertz CT molecular complexity index is 344. The van der Waals surface area contributed by atoms with Gasteiger partial charge < -0.3 is 5.32 Å². The van der Waals surface area contributed by atoms with Crippen LogP contribution in [0.5, 0.6) is 0 Å². The molecule has 17 heavy (non-hydrogen) atoms. The lowest BCUT2D eigenvalue weighted by Gasteiger charge is -2.23. The predicted octanol–water partition coefficient (Wildman–Crippen LogP) is 1.41. The number of aromatic nitrogens is 2. The van der Waals surface area contributed by atoms with E-state index in [4.69, 9.17) is 0 Å². The summed E-state index contributed by atoms with van der Waals surface area (Å²) < 4.78 is 0. The molecule has 1 fully saturated rings. The lowest BCUT2D eigenvalue weighted by Crippen LogP contribution is -2.33. The van der Waals surface area contributed by atoms with Crippen molar-refractivity contribution in [2.24, 2.45) is 0 Å². The number of halogens is 1. The van der Waals surface area contributed by atoms with Gasteiger partial charge >= 0.3 is 0 Å². The fraction of sp³-hybridized carbons (Fsp3) is 0.636. The van der Waals surface area contributed by atoms with E-state index in [0.29, 0.717) is 6.04 Å². The van der Waals surface area contributed by atoms with Crippen LogP contribution in [0.1, 0.15) is 12.1 Å². The van der Waals surface area contributed by atoms with Gasteiger partial charge in [0.05, 0.1) is 5.69 Å². The maximum Gasteiger partial charge on any atom is 0.119 e. The average Bonchev–Trinajstić information content (AvgIpc) is 2.83. The maximum absolute atomic E-state index is 4.42. The molecule has 0 aliphatic carbocycles. The summed E-state index contributed by atoms with van der Waals surface area (Å²) in [5.41, 5.74) is 1.09. The van der Waals surface area contributed by atoms with Crippen molar-refractivity contribution in [2.75, 3.05) is 26.4 Å². The molecule has 1 saturated heterocycles. The molecule has 4 nitrogen and oxygen atoms in total. The van der Waals surface area contributed by atoms with Gasteiger partial charge in [-0.3, -0.25) is 9.88 Å². The van der Waals surface area contributed by atoms with Crippen LogP contribution in [-0.2, 0) is 6.54 Å². The second kappa shape index (κ2) is 7.16. The predicted molar refractivity (Wildman–Crippen MR) is 73.8 cm³/mol. The fourth-order valence-corrected chi connectivity index (χ4v) is 2.53. The largest absolute Gasteiger partial charge is 0.315 e. The number of thioether (sulfide) groups is 1. The number of likely N-dealkylation sites (N-methyl/N-ethyl adjacent to an activating group) is 1. The van der Waals surface area contributed by atoms with Crippen LogP contribution in [0.2, 0.25) is 0 Å². The monoisotopic (exact) mass is 274 g/mol. The lowest BCUT2D eigenvalue weighted by atomic mass is 10.2. The quantitative estimate of drug-likeness (QED) is 0.841. The Balaban J connectivity index is 0.00000144. The molecule has 1 aromatic rings. The topological polar surface area (TPSA) is 41.1 Å². The Hall–Kier alpha value is -0.360. The van der Waals surface area contributed by atoms with Gasteiger partial charge in [-0.2, -0.15) is 0 Å². The smallest absolute Gasteiger partial charge is 0.119 e. The molecule has 96 valence electrons. The van der Waals surface area contributed by atoms with Crippen molar-refractivity contribution in [1.82, 2.24) is 20.2 Å². The van der Waals surface area contributed by atoms with Crippen LogP contribution >= 0.6 is 24.2 Å². The van der Waals surface area contributed by atoms with E-state index in [0.717, 1.165) is 30.4 Å². The van der Waals surface area contributed by atoms with Gasteiger partial charge in [-0.25, -0.2) is 4.98 Å². The normalized spacial score (nSPS) is 19.4. The highest BCUT2D eigenvalue weighted by molar-refractivity contribution is 7.98. The lowest BCUT2D eigenvalue weighted by molar-refractivity contribution is 0.243. The summed E-state index contributed by atoms with van der Waals surface area (Å²) in [5, 5.41) is 4.43. The highest BCUT2D eigenvalue weighted by Crippen LogP contribution is 2.17. The third kappa shape index (κ3) is 3.81. The van der Waals surface area contributed by atoms with Gasteiger partial charge in [-0.1, -0.05) is 0 Å². The molecule has 1 aromatic heterocycles. The minimum absolute atomic E-state index is 0. The van der Waals surface area contributed by atoms with Crippen molar-refractivity contribution in [3.05, 3.63) is 18.1 Å². The minimum Gasteiger partial charge on any atom is -0.315 e. The highest BCUT2D eigenvalue weighted by atomic mass is 35.5. The minimum atomic E-state index is 0. The molecule has 2 heterocycles. The zero-order chi connectivity index (χ0) is 11.4. The first-order valence-corrected chi connectivity index (χ1v) is 6.78. The van der Waals surface area contributed by atoms with Crippen LogP contribution < -0.4 is 5.32 Å². The second-order valence-corrected chi connectivity index (χ2v) is 4.87. The van der Waals surface area contributed by atoms with Gasteiger partial charge in [0.25, 0.3) is 0 Å². The van der Waals surface area contributed by atoms with Gasteiger partial charge in [0.2, 0.25) is 0 Å². The average molecular weight is 275 g/mol. The Morgan fingerprint density at radius 2 is 2.24 bits per heavy atom. The number of nitrogens with one attached hydrogen (secondary N) is 1. The summed E-state index contributed by atoms with van der Waals surface area (Å²) in [6, 6.07) is 0.636. The van der Waals surface area contributed by atoms with E-state index in [2.05, 4.69) is 27.2 Å². The van der Waals surface area contributed by atoms with Gasteiger partial charge in [-0.05, 0) is 26.3 Å². The van der Waals surface area contributed by atoms with E-state index < -0.39 is 0 Å². The third-order valence-electron chi connectivity index (χ3n) is 2.99. The van der Waals surface area contributed by atoms with Crippen molar-refractivity contribution in [1.29, 1.82) is 0 Å². The molecule has 1 atom stereocenters. The molecule has 0 aromatic carbocycles. The van der Waals surface area contributed by atoms with Gasteiger partial charge in [-0.15, -0.1) is 24.2 Å². The summed E-state index contributed by atoms with van der Waals surface area (Å²) in [7, 11) is 2.16. The van der Waals surface area contributed by atoms with Gasteiger partial charge in [0.15, 0.2) is 0 Å². The zero-order valence-electron chi connectivity index (χ0n) is 10.2. The molecule has 0 spiro atoms. The molecular weight excluding hydrogens is 256 g/mol. The van der Waals surface area contributed by atoms with Crippen molar-refractivity contribution < 1.29 is 0 Å². The molecule has 0 radical (unpaired) electrons. The van der Waals surface area contributed by atoms with Crippen molar-refractivity contribution in [2.45, 2.75) is 24.0 Å². The molecule has 0 unspecified atom stereocenters. The fourth-order valence-electron chi connectivity index (χ4n) is 2.01. The van der Waals surface area contributed by atoms with E-state index in [1.54, 1.807) is 24.2 Å². The summed E-state index contributed by atoms with van der Waals surface area (Å²) in [6.07, 6.45) is 6.80. The van der Waals surface area contributed by atoms with Crippen molar-refractivity contribution in [3.8, 4) is 0 Å². The van der Waals surface area contributed by atoms with E-state index in [-0.39, 0.29) is 12.4 Å². The Morgan fingerprint density at radius 3 is 2.88 bits per heavy atom.